The molecule has 0 aliphatic rings. The number of carboxylic acid groups (broad SMARTS) is 1. The Morgan fingerprint density at radius 1 is 1.33 bits per heavy atom. The lowest BCUT2D eigenvalue weighted by atomic mass is 10.1. The van der Waals surface area contributed by atoms with E-state index >= 15 is 0 Å². The van der Waals surface area contributed by atoms with Crippen molar-refractivity contribution >= 4 is 35.5 Å². The maximum absolute atomic E-state index is 10.4. The number of carbonyl (C=O) groups is 1. The van der Waals surface area contributed by atoms with Gasteiger partial charge in [0.1, 0.15) is 10.7 Å². The fraction of sp³-hybridized carbons (Fsp3) is 0.286. The molecule has 0 amide bonds. The summed E-state index contributed by atoms with van der Waals surface area (Å²) >= 11 is 1.40. The molecular formula is C14H16N4O2S. The second-order valence-electron chi connectivity index (χ2n) is 5.36. The third kappa shape index (κ3) is 4.35. The highest BCUT2D eigenvalue weighted by atomic mass is 32.1. The third-order valence-corrected chi connectivity index (χ3v) is 3.45. The molecule has 0 fully saturated rings. The molecule has 2 heterocycles. The Balaban J connectivity index is 2.08. The van der Waals surface area contributed by atoms with E-state index in [1.165, 1.54) is 17.4 Å². The van der Waals surface area contributed by atoms with Crippen LogP contribution in [0.3, 0.4) is 0 Å². The zero-order valence-corrected chi connectivity index (χ0v) is 12.8. The van der Waals surface area contributed by atoms with Gasteiger partial charge in [-0.15, -0.1) is 16.4 Å². The molecule has 0 atom stereocenters. The van der Waals surface area contributed by atoms with Crippen LogP contribution in [-0.2, 0) is 10.3 Å². The van der Waals surface area contributed by atoms with Gasteiger partial charge >= 0.3 is 5.97 Å². The number of nitrogens with zero attached hydrogens (tertiary/aromatic N) is 4. The highest BCUT2D eigenvalue weighted by Crippen LogP contribution is 2.17. The van der Waals surface area contributed by atoms with E-state index in [2.05, 4.69) is 36.1 Å². The largest absolute Gasteiger partial charge is 0.478 e. The second-order valence-corrected chi connectivity index (χ2v) is 6.46. The highest BCUT2D eigenvalue weighted by molar-refractivity contribution is 7.13. The number of hydrogen-bond donors (Lipinski definition) is 1. The first-order valence-electron chi connectivity index (χ1n) is 6.32. The molecule has 0 radical (unpaired) electrons. The van der Waals surface area contributed by atoms with Crippen molar-refractivity contribution in [2.45, 2.75) is 26.3 Å². The van der Waals surface area contributed by atoms with Gasteiger partial charge in [0, 0.05) is 17.2 Å². The van der Waals surface area contributed by atoms with Gasteiger partial charge in [-0.1, -0.05) is 5.21 Å². The van der Waals surface area contributed by atoms with E-state index in [0.717, 1.165) is 21.7 Å². The topological polar surface area (TPSA) is 80.9 Å². The zero-order valence-electron chi connectivity index (χ0n) is 12.0. The molecule has 0 unspecified atom stereocenters. The van der Waals surface area contributed by atoms with Gasteiger partial charge in [-0.2, -0.15) is 0 Å². The lowest BCUT2D eigenvalue weighted by Crippen LogP contribution is -2.22. The van der Waals surface area contributed by atoms with Crippen molar-refractivity contribution in [1.29, 1.82) is 0 Å². The maximum atomic E-state index is 10.4. The Morgan fingerprint density at radius 3 is 2.71 bits per heavy atom. The van der Waals surface area contributed by atoms with E-state index in [1.807, 2.05) is 18.3 Å². The van der Waals surface area contributed by atoms with Gasteiger partial charge in [0.2, 0.25) is 0 Å². The van der Waals surface area contributed by atoms with Crippen molar-refractivity contribution in [2.75, 3.05) is 0 Å². The Labute approximate surface area is 126 Å². The van der Waals surface area contributed by atoms with Crippen LogP contribution in [0.1, 0.15) is 36.3 Å². The van der Waals surface area contributed by atoms with Crippen LogP contribution in [0.25, 0.3) is 18.2 Å². The van der Waals surface area contributed by atoms with Crippen molar-refractivity contribution in [3.8, 4) is 0 Å². The molecule has 6 nitrogen and oxygen atoms in total. The SMILES string of the molecule is CC(C)(C)n1cc(/C=C/c2ncc(/C=C/C(=O)O)s2)nn1. The summed E-state index contributed by atoms with van der Waals surface area (Å²) in [6.07, 6.45) is 9.78. The van der Waals surface area contributed by atoms with Crippen LogP contribution in [-0.4, -0.2) is 31.1 Å². The molecule has 2 aromatic heterocycles. The van der Waals surface area contributed by atoms with Crippen LogP contribution in [0.15, 0.2) is 18.5 Å². The van der Waals surface area contributed by atoms with E-state index in [-0.39, 0.29) is 5.54 Å². The van der Waals surface area contributed by atoms with Crippen molar-refractivity contribution in [3.63, 3.8) is 0 Å². The van der Waals surface area contributed by atoms with E-state index in [1.54, 1.807) is 10.9 Å². The van der Waals surface area contributed by atoms with Crippen LogP contribution >= 0.6 is 11.3 Å². The summed E-state index contributed by atoms with van der Waals surface area (Å²) in [7, 11) is 0. The first-order chi connectivity index (χ1) is 9.84. The predicted octanol–water partition coefficient (Wildman–Crippen LogP) is 2.76. The summed E-state index contributed by atoms with van der Waals surface area (Å²) in [5.41, 5.74) is 0.650. The highest BCUT2D eigenvalue weighted by Gasteiger charge is 2.14. The number of aromatic nitrogens is 4. The molecule has 0 spiro atoms. The van der Waals surface area contributed by atoms with Crippen LogP contribution in [0.5, 0.6) is 0 Å². The van der Waals surface area contributed by atoms with E-state index in [9.17, 15) is 4.79 Å². The maximum Gasteiger partial charge on any atom is 0.328 e. The summed E-state index contributed by atoms with van der Waals surface area (Å²) in [6.45, 7) is 6.16. The minimum atomic E-state index is -0.973. The van der Waals surface area contributed by atoms with Gasteiger partial charge in [0.05, 0.1) is 11.7 Å². The predicted molar refractivity (Wildman–Crippen MR) is 82.7 cm³/mol. The summed E-state index contributed by atoms with van der Waals surface area (Å²) in [4.78, 5) is 15.4. The molecule has 21 heavy (non-hydrogen) atoms. The second kappa shape index (κ2) is 6.01. The average Bonchev–Trinajstić information content (AvgIpc) is 3.02. The Hall–Kier alpha value is -2.28. The Bertz CT molecular complexity index is 692. The number of carboxylic acids is 1. The average molecular weight is 304 g/mol. The van der Waals surface area contributed by atoms with Gasteiger partial charge in [-0.05, 0) is 39.0 Å². The fourth-order valence-corrected chi connectivity index (χ4v) is 2.17. The van der Waals surface area contributed by atoms with Gasteiger partial charge in [0.25, 0.3) is 0 Å². The van der Waals surface area contributed by atoms with Crippen molar-refractivity contribution in [3.05, 3.63) is 34.0 Å². The standard InChI is InChI=1S/C14H16N4O2S/c1-14(2,3)18-9-10(16-17-18)4-6-12-15-8-11(21-12)5-7-13(19)20/h4-9H,1-3H3,(H,19,20)/b6-4+,7-5+. The van der Waals surface area contributed by atoms with E-state index in [0.29, 0.717) is 0 Å². The molecule has 0 saturated carbocycles. The lowest BCUT2D eigenvalue weighted by molar-refractivity contribution is -0.131. The van der Waals surface area contributed by atoms with Crippen LogP contribution < -0.4 is 0 Å². The number of aliphatic carboxylic acids is 1. The Morgan fingerprint density at radius 2 is 2.10 bits per heavy atom. The number of rotatable bonds is 4. The van der Waals surface area contributed by atoms with Gasteiger partial charge < -0.3 is 5.11 Å². The van der Waals surface area contributed by atoms with Gasteiger partial charge in [0.15, 0.2) is 0 Å². The third-order valence-electron chi connectivity index (χ3n) is 2.53. The molecule has 0 aliphatic carbocycles. The minimum Gasteiger partial charge on any atom is -0.478 e. The van der Waals surface area contributed by atoms with E-state index in [4.69, 9.17) is 5.11 Å². The molecular weight excluding hydrogens is 288 g/mol. The zero-order chi connectivity index (χ0) is 15.5. The van der Waals surface area contributed by atoms with Gasteiger partial charge in [-0.3, -0.25) is 0 Å². The minimum absolute atomic E-state index is 0.102. The normalized spacial score (nSPS) is 12.5. The van der Waals surface area contributed by atoms with Crippen LogP contribution in [0, 0.1) is 0 Å². The van der Waals surface area contributed by atoms with Crippen molar-refractivity contribution in [2.24, 2.45) is 0 Å². The number of hydrogen-bond acceptors (Lipinski definition) is 5. The molecule has 0 aliphatic heterocycles. The van der Waals surface area contributed by atoms with Crippen LogP contribution in [0.2, 0.25) is 0 Å². The molecule has 7 heteroatoms. The summed E-state index contributed by atoms with van der Waals surface area (Å²) < 4.78 is 1.80. The molecule has 1 N–H and O–H groups in total. The van der Waals surface area contributed by atoms with Crippen molar-refractivity contribution < 1.29 is 9.90 Å². The quantitative estimate of drug-likeness (QED) is 0.878. The molecule has 2 aromatic rings. The fourth-order valence-electron chi connectivity index (χ4n) is 1.45. The summed E-state index contributed by atoms with van der Waals surface area (Å²) in [5, 5.41) is 17.5. The lowest BCUT2D eigenvalue weighted by Gasteiger charge is -2.17. The van der Waals surface area contributed by atoms with Crippen molar-refractivity contribution in [1.82, 2.24) is 20.0 Å². The summed E-state index contributed by atoms with van der Waals surface area (Å²) in [5.74, 6) is -0.973. The molecule has 2 rings (SSSR count). The molecule has 0 aromatic carbocycles. The monoisotopic (exact) mass is 304 g/mol. The first kappa shape index (κ1) is 15.1. The summed E-state index contributed by atoms with van der Waals surface area (Å²) in [6, 6.07) is 0. The smallest absolute Gasteiger partial charge is 0.328 e. The molecule has 110 valence electrons. The van der Waals surface area contributed by atoms with Crippen LogP contribution in [0.4, 0.5) is 0 Å². The van der Waals surface area contributed by atoms with Gasteiger partial charge in [-0.25, -0.2) is 14.5 Å². The number of thiazole rings is 1. The first-order valence-corrected chi connectivity index (χ1v) is 7.14. The molecule has 0 bridgehead atoms. The Kier molecular flexibility index (Phi) is 4.32. The van der Waals surface area contributed by atoms with E-state index < -0.39 is 5.97 Å². The molecule has 0 saturated heterocycles.